The number of nitrogens with zero attached hydrogens (tertiary/aromatic N) is 1. The van der Waals surface area contributed by atoms with Crippen molar-refractivity contribution in [3.05, 3.63) is 0 Å². The summed E-state index contributed by atoms with van der Waals surface area (Å²) in [5.41, 5.74) is 10.8. The van der Waals surface area contributed by atoms with Crippen LogP contribution in [0.2, 0.25) is 0 Å². The molecule has 38 heavy (non-hydrogen) atoms. The van der Waals surface area contributed by atoms with Crippen LogP contribution in [0.25, 0.3) is 0 Å². The highest BCUT2D eigenvalue weighted by molar-refractivity contribution is 5.95. The zero-order valence-electron chi connectivity index (χ0n) is 22.7. The molecule has 0 aromatic rings. The first-order valence-electron chi connectivity index (χ1n) is 13.9. The van der Waals surface area contributed by atoms with Crippen LogP contribution in [0.1, 0.15) is 64.7 Å². The average Bonchev–Trinajstić information content (AvgIpc) is 2.88. The van der Waals surface area contributed by atoms with Crippen molar-refractivity contribution in [3.63, 3.8) is 0 Å². The molecule has 0 aromatic heterocycles. The number of Topliss-reactive ketones (excluding diaryl/α,β-unsaturated/α-hetero) is 1. The van der Waals surface area contributed by atoms with E-state index in [4.69, 9.17) is 16.9 Å². The highest BCUT2D eigenvalue weighted by Crippen LogP contribution is 2.15. The molecular formula is C25H47N9O4. The van der Waals surface area contributed by atoms with E-state index in [2.05, 4.69) is 33.5 Å². The fourth-order valence-corrected chi connectivity index (χ4v) is 4.78. The molecule has 2 aliphatic rings. The lowest BCUT2D eigenvalue weighted by atomic mass is 9.99. The summed E-state index contributed by atoms with van der Waals surface area (Å²) in [7, 11) is 0. The molecule has 0 bridgehead atoms. The van der Waals surface area contributed by atoms with Gasteiger partial charge in [-0.05, 0) is 38.6 Å². The second kappa shape index (κ2) is 16.9. The monoisotopic (exact) mass is 537 g/mol. The maximum absolute atomic E-state index is 13.2. The summed E-state index contributed by atoms with van der Waals surface area (Å²) in [6, 6.07) is -2.38. The van der Waals surface area contributed by atoms with Crippen LogP contribution in [0.4, 0.5) is 0 Å². The molecule has 2 fully saturated rings. The van der Waals surface area contributed by atoms with Crippen LogP contribution in [-0.4, -0.2) is 97.8 Å². The van der Waals surface area contributed by atoms with Gasteiger partial charge in [0.25, 0.3) is 0 Å². The summed E-state index contributed by atoms with van der Waals surface area (Å²) in [5.74, 6) is -1.14. The quantitative estimate of drug-likeness (QED) is 0.0601. The van der Waals surface area contributed by atoms with Crippen molar-refractivity contribution >= 4 is 29.5 Å². The van der Waals surface area contributed by atoms with E-state index in [1.54, 1.807) is 4.90 Å². The van der Waals surface area contributed by atoms with Crippen molar-refractivity contribution in [3.8, 4) is 0 Å². The first-order chi connectivity index (χ1) is 18.3. The Balaban J connectivity index is 1.98. The first kappa shape index (κ1) is 31.4. The van der Waals surface area contributed by atoms with Crippen LogP contribution in [-0.2, 0) is 19.2 Å². The topological polar surface area (TPSA) is 208 Å². The Morgan fingerprint density at radius 2 is 1.68 bits per heavy atom. The number of nitrogens with one attached hydrogen (secondary N) is 6. The van der Waals surface area contributed by atoms with Gasteiger partial charge in [0.15, 0.2) is 11.7 Å². The standard InChI is InChI=1S/C25H47N9O4/c1-2-3-9-17-23(37)32-18(14-31-17)21(35)16-34-15-19(22(36)29-12-7-5-4-6-11-26)33-24(38)20(34)10-8-13-30-25(27)28/h17-20,31H,2-16,26H2,1H3,(H,29,36)(H,32,37)(H,33,38)(H4,27,28,30)/t17-,18+,19+,20-/m0/s1. The second-order valence-electron chi connectivity index (χ2n) is 10.1. The van der Waals surface area contributed by atoms with E-state index in [0.717, 1.165) is 44.9 Å². The number of guanidine groups is 1. The summed E-state index contributed by atoms with van der Waals surface area (Å²) in [6.45, 7) is 4.10. The van der Waals surface area contributed by atoms with Gasteiger partial charge in [-0.25, -0.2) is 0 Å². The van der Waals surface area contributed by atoms with Crippen molar-refractivity contribution in [1.82, 2.24) is 31.5 Å². The van der Waals surface area contributed by atoms with E-state index < -0.39 is 18.1 Å². The molecule has 4 atom stereocenters. The smallest absolute Gasteiger partial charge is 0.243 e. The van der Waals surface area contributed by atoms with Crippen molar-refractivity contribution in [2.75, 3.05) is 39.3 Å². The Hall–Kier alpha value is -2.77. The fourth-order valence-electron chi connectivity index (χ4n) is 4.78. The molecule has 0 aliphatic carbocycles. The minimum atomic E-state index is -0.775. The first-order valence-corrected chi connectivity index (χ1v) is 13.9. The molecule has 0 spiro atoms. The minimum Gasteiger partial charge on any atom is -0.370 e. The molecule has 3 amide bonds. The van der Waals surface area contributed by atoms with Gasteiger partial charge in [-0.2, -0.15) is 0 Å². The molecule has 0 aromatic carbocycles. The molecule has 0 saturated carbocycles. The maximum Gasteiger partial charge on any atom is 0.243 e. The van der Waals surface area contributed by atoms with Crippen LogP contribution >= 0.6 is 0 Å². The number of rotatable bonds is 17. The molecule has 0 radical (unpaired) electrons. The van der Waals surface area contributed by atoms with Crippen LogP contribution < -0.4 is 38.1 Å². The molecular weight excluding hydrogens is 490 g/mol. The lowest BCUT2D eigenvalue weighted by Gasteiger charge is -2.39. The van der Waals surface area contributed by atoms with Crippen LogP contribution in [0.3, 0.4) is 0 Å². The Bertz CT molecular complexity index is 810. The number of hydrogen-bond donors (Lipinski definition) is 8. The predicted octanol–water partition coefficient (Wildman–Crippen LogP) is -1.73. The number of hydrogen-bond acceptors (Lipinski definition) is 8. The van der Waals surface area contributed by atoms with E-state index in [9.17, 15) is 19.2 Å². The molecule has 2 heterocycles. The Labute approximate surface area is 225 Å². The van der Waals surface area contributed by atoms with Crippen molar-refractivity contribution in [1.29, 1.82) is 5.41 Å². The zero-order chi connectivity index (χ0) is 27.9. The summed E-state index contributed by atoms with van der Waals surface area (Å²) >= 11 is 0. The van der Waals surface area contributed by atoms with Crippen molar-refractivity contribution < 1.29 is 19.2 Å². The average molecular weight is 538 g/mol. The van der Waals surface area contributed by atoms with Crippen LogP contribution in [0.15, 0.2) is 0 Å². The summed E-state index contributed by atoms with van der Waals surface area (Å²) < 4.78 is 0. The van der Waals surface area contributed by atoms with Crippen molar-refractivity contribution in [2.24, 2.45) is 11.5 Å². The molecule has 216 valence electrons. The molecule has 2 saturated heterocycles. The molecule has 10 N–H and O–H groups in total. The zero-order valence-corrected chi connectivity index (χ0v) is 22.7. The highest BCUT2D eigenvalue weighted by Gasteiger charge is 2.39. The number of amides is 3. The largest absolute Gasteiger partial charge is 0.370 e. The summed E-state index contributed by atoms with van der Waals surface area (Å²) in [6.07, 6.45) is 7.34. The number of carbonyl (C=O) groups excluding carboxylic acids is 4. The van der Waals surface area contributed by atoms with Crippen LogP contribution in [0, 0.1) is 5.41 Å². The lowest BCUT2D eigenvalue weighted by molar-refractivity contribution is -0.140. The van der Waals surface area contributed by atoms with Gasteiger partial charge in [0.1, 0.15) is 12.1 Å². The van der Waals surface area contributed by atoms with E-state index in [1.165, 1.54) is 0 Å². The normalized spacial score (nSPS) is 23.8. The van der Waals surface area contributed by atoms with Crippen molar-refractivity contribution in [2.45, 2.75) is 88.9 Å². The summed E-state index contributed by atoms with van der Waals surface area (Å²) in [5, 5.41) is 21.7. The Morgan fingerprint density at radius 1 is 0.974 bits per heavy atom. The van der Waals surface area contributed by atoms with Gasteiger partial charge in [0, 0.05) is 26.2 Å². The summed E-state index contributed by atoms with van der Waals surface area (Å²) in [4.78, 5) is 53.2. The number of nitrogens with two attached hydrogens (primary N) is 2. The predicted molar refractivity (Wildman–Crippen MR) is 145 cm³/mol. The van der Waals surface area contributed by atoms with E-state index >= 15 is 0 Å². The molecule has 0 unspecified atom stereocenters. The van der Waals surface area contributed by atoms with Gasteiger partial charge in [0.05, 0.1) is 18.6 Å². The third kappa shape index (κ3) is 10.5. The SMILES string of the molecule is CCCC[C@@H]1NC[C@H](C(=O)CN2C[C@H](C(=O)NCCCCCCN)NC(=O)[C@@H]2CCCNC(=N)N)NC1=O. The third-order valence-electron chi connectivity index (χ3n) is 6.99. The highest BCUT2D eigenvalue weighted by atomic mass is 16.2. The maximum atomic E-state index is 13.2. The van der Waals surface area contributed by atoms with Gasteiger partial charge >= 0.3 is 0 Å². The fraction of sp³-hybridized carbons (Fsp3) is 0.800. The molecule has 2 rings (SSSR count). The minimum absolute atomic E-state index is 0.0622. The number of ketones is 1. The molecule has 13 heteroatoms. The number of carbonyl (C=O) groups is 4. The molecule has 2 aliphatic heterocycles. The Kier molecular flexibility index (Phi) is 14.0. The van der Waals surface area contributed by atoms with Gasteiger partial charge in [0.2, 0.25) is 17.7 Å². The number of unbranched alkanes of at least 4 members (excludes halogenated alkanes) is 4. The van der Waals surface area contributed by atoms with E-state index in [0.29, 0.717) is 39.0 Å². The lowest BCUT2D eigenvalue weighted by Crippen LogP contribution is -2.66. The van der Waals surface area contributed by atoms with Gasteiger partial charge in [-0.1, -0.05) is 32.6 Å². The molecule has 13 nitrogen and oxygen atoms in total. The van der Waals surface area contributed by atoms with Gasteiger partial charge in [-0.3, -0.25) is 29.5 Å². The van der Waals surface area contributed by atoms with Crippen LogP contribution in [0.5, 0.6) is 0 Å². The third-order valence-corrected chi connectivity index (χ3v) is 6.99. The van der Waals surface area contributed by atoms with Gasteiger partial charge < -0.3 is 38.1 Å². The van der Waals surface area contributed by atoms with E-state index in [-0.39, 0.29) is 48.6 Å². The van der Waals surface area contributed by atoms with Gasteiger partial charge in [-0.15, -0.1) is 0 Å². The Morgan fingerprint density at radius 3 is 2.37 bits per heavy atom. The van der Waals surface area contributed by atoms with E-state index in [1.807, 2.05) is 0 Å². The second-order valence-corrected chi connectivity index (χ2v) is 10.1. The number of piperazine rings is 2.